The number of carboxylic acids is 1. The van der Waals surface area contributed by atoms with Crippen molar-refractivity contribution in [1.82, 2.24) is 9.55 Å². The zero-order chi connectivity index (χ0) is 9.42. The van der Waals surface area contributed by atoms with Crippen LogP contribution in [0.1, 0.15) is 41.5 Å². The van der Waals surface area contributed by atoms with Gasteiger partial charge >= 0.3 is 5.97 Å². The molecule has 1 N–H and O–H groups in total. The molecule has 1 saturated carbocycles. The Balaban J connectivity index is 2.32. The molecule has 0 aliphatic heterocycles. The monoisotopic (exact) mass is 180 g/mol. The Morgan fingerprint density at radius 3 is 2.77 bits per heavy atom. The van der Waals surface area contributed by atoms with Gasteiger partial charge in [-0.15, -0.1) is 0 Å². The van der Waals surface area contributed by atoms with Crippen LogP contribution in [0.3, 0.4) is 0 Å². The quantitative estimate of drug-likeness (QED) is 0.748. The maximum Gasteiger partial charge on any atom is 0.372 e. The van der Waals surface area contributed by atoms with Crippen LogP contribution in [0, 0.1) is 0 Å². The average Bonchev–Trinajstić information content (AvgIpc) is 2.29. The second kappa shape index (κ2) is 2.87. The number of hydrogen-bond acceptors (Lipinski definition) is 2. The standard InChI is InChI=1S/C9H12N2O2/c1-11-7(6-3-2-4-6)5-10-8(11)9(12)13/h5-6H,2-4H2,1H3,(H,12,13). The first-order chi connectivity index (χ1) is 6.20. The Kier molecular flexibility index (Phi) is 1.83. The number of hydrogen-bond donors (Lipinski definition) is 1. The maximum absolute atomic E-state index is 10.7. The number of imidazole rings is 1. The molecule has 1 aliphatic carbocycles. The molecule has 0 amide bonds. The van der Waals surface area contributed by atoms with E-state index in [1.807, 2.05) is 0 Å². The number of carbonyl (C=O) groups is 1. The molecule has 1 aromatic heterocycles. The van der Waals surface area contributed by atoms with Crippen LogP contribution in [0.2, 0.25) is 0 Å². The van der Waals surface area contributed by atoms with Gasteiger partial charge in [0.15, 0.2) is 0 Å². The fourth-order valence-electron chi connectivity index (χ4n) is 1.70. The summed E-state index contributed by atoms with van der Waals surface area (Å²) in [4.78, 5) is 14.6. The Hall–Kier alpha value is -1.32. The van der Waals surface area contributed by atoms with Gasteiger partial charge in [0.2, 0.25) is 5.82 Å². The first-order valence-corrected chi connectivity index (χ1v) is 4.45. The number of aromatic nitrogens is 2. The molecular weight excluding hydrogens is 168 g/mol. The Morgan fingerprint density at radius 2 is 2.38 bits per heavy atom. The van der Waals surface area contributed by atoms with Crippen molar-refractivity contribution in [2.75, 3.05) is 0 Å². The topological polar surface area (TPSA) is 55.1 Å². The number of nitrogens with zero attached hydrogens (tertiary/aromatic N) is 2. The molecule has 0 aromatic carbocycles. The summed E-state index contributed by atoms with van der Waals surface area (Å²) < 4.78 is 1.69. The Bertz CT molecular complexity index is 339. The summed E-state index contributed by atoms with van der Waals surface area (Å²) in [6.07, 6.45) is 5.27. The maximum atomic E-state index is 10.7. The molecule has 0 unspecified atom stereocenters. The summed E-state index contributed by atoms with van der Waals surface area (Å²) >= 11 is 0. The molecule has 4 nitrogen and oxygen atoms in total. The van der Waals surface area contributed by atoms with Gasteiger partial charge < -0.3 is 9.67 Å². The van der Waals surface area contributed by atoms with Gasteiger partial charge in [0.25, 0.3) is 0 Å². The predicted molar refractivity (Wildman–Crippen MR) is 46.8 cm³/mol. The minimum absolute atomic E-state index is 0.141. The van der Waals surface area contributed by atoms with Gasteiger partial charge in [0.1, 0.15) is 0 Å². The number of aromatic carboxylic acids is 1. The van der Waals surface area contributed by atoms with Crippen molar-refractivity contribution in [1.29, 1.82) is 0 Å². The lowest BCUT2D eigenvalue weighted by molar-refractivity contribution is 0.0679. The second-order valence-corrected chi connectivity index (χ2v) is 3.50. The van der Waals surface area contributed by atoms with Crippen molar-refractivity contribution in [2.24, 2.45) is 7.05 Å². The van der Waals surface area contributed by atoms with Gasteiger partial charge in [0.05, 0.1) is 0 Å². The van der Waals surface area contributed by atoms with Crippen molar-refractivity contribution in [3.8, 4) is 0 Å². The first-order valence-electron chi connectivity index (χ1n) is 4.45. The molecule has 0 spiro atoms. The van der Waals surface area contributed by atoms with E-state index in [-0.39, 0.29) is 5.82 Å². The van der Waals surface area contributed by atoms with E-state index < -0.39 is 5.97 Å². The lowest BCUT2D eigenvalue weighted by Crippen LogP contribution is -2.15. The number of rotatable bonds is 2. The van der Waals surface area contributed by atoms with Gasteiger partial charge in [-0.25, -0.2) is 9.78 Å². The van der Waals surface area contributed by atoms with Crippen molar-refractivity contribution in [3.63, 3.8) is 0 Å². The minimum Gasteiger partial charge on any atom is -0.475 e. The molecule has 0 bridgehead atoms. The van der Waals surface area contributed by atoms with Crippen molar-refractivity contribution >= 4 is 5.97 Å². The third kappa shape index (κ3) is 1.22. The molecule has 1 aromatic rings. The molecule has 0 radical (unpaired) electrons. The highest BCUT2D eigenvalue weighted by atomic mass is 16.4. The summed E-state index contributed by atoms with van der Waals surface area (Å²) in [5.41, 5.74) is 1.06. The van der Waals surface area contributed by atoms with E-state index in [4.69, 9.17) is 5.11 Å². The van der Waals surface area contributed by atoms with Gasteiger partial charge in [-0.2, -0.15) is 0 Å². The molecule has 70 valence electrons. The summed E-state index contributed by atoms with van der Waals surface area (Å²) in [5.74, 6) is -0.277. The molecule has 1 fully saturated rings. The lowest BCUT2D eigenvalue weighted by Gasteiger charge is -2.25. The number of carboxylic acid groups (broad SMARTS) is 1. The average molecular weight is 180 g/mol. The molecule has 1 aliphatic rings. The van der Waals surface area contributed by atoms with Gasteiger partial charge in [-0.1, -0.05) is 6.42 Å². The van der Waals surface area contributed by atoms with Crippen LogP contribution < -0.4 is 0 Å². The zero-order valence-electron chi connectivity index (χ0n) is 7.53. The predicted octanol–water partition coefficient (Wildman–Crippen LogP) is 1.39. The third-order valence-corrected chi connectivity index (χ3v) is 2.74. The van der Waals surface area contributed by atoms with Gasteiger partial charge in [0, 0.05) is 24.9 Å². The molecule has 4 heteroatoms. The summed E-state index contributed by atoms with van der Waals surface area (Å²) in [6, 6.07) is 0. The van der Waals surface area contributed by atoms with E-state index in [1.165, 1.54) is 19.3 Å². The van der Waals surface area contributed by atoms with Crippen LogP contribution in [0.15, 0.2) is 6.20 Å². The van der Waals surface area contributed by atoms with E-state index in [2.05, 4.69) is 4.98 Å². The summed E-state index contributed by atoms with van der Waals surface area (Å²) in [7, 11) is 1.77. The van der Waals surface area contributed by atoms with Crippen LogP contribution in [0.4, 0.5) is 0 Å². The van der Waals surface area contributed by atoms with Crippen molar-refractivity contribution < 1.29 is 9.90 Å². The zero-order valence-corrected chi connectivity index (χ0v) is 7.53. The second-order valence-electron chi connectivity index (χ2n) is 3.50. The molecule has 0 atom stereocenters. The smallest absolute Gasteiger partial charge is 0.372 e. The Labute approximate surface area is 76.2 Å². The SMILES string of the molecule is Cn1c(C2CCC2)cnc1C(=O)O. The lowest BCUT2D eigenvalue weighted by atomic mass is 9.83. The normalized spacial score (nSPS) is 17.0. The molecule has 0 saturated heterocycles. The molecular formula is C9H12N2O2. The highest BCUT2D eigenvalue weighted by Crippen LogP contribution is 2.36. The molecule has 1 heterocycles. The minimum atomic E-state index is -0.951. The molecule has 13 heavy (non-hydrogen) atoms. The van der Waals surface area contributed by atoms with Crippen molar-refractivity contribution in [3.05, 3.63) is 17.7 Å². The summed E-state index contributed by atoms with van der Waals surface area (Å²) in [6.45, 7) is 0. The fourth-order valence-corrected chi connectivity index (χ4v) is 1.70. The van der Waals surface area contributed by atoms with Crippen LogP contribution in [-0.2, 0) is 7.05 Å². The highest BCUT2D eigenvalue weighted by Gasteiger charge is 2.24. The largest absolute Gasteiger partial charge is 0.475 e. The van der Waals surface area contributed by atoms with Gasteiger partial charge in [-0.3, -0.25) is 0 Å². The fraction of sp³-hybridized carbons (Fsp3) is 0.556. The van der Waals surface area contributed by atoms with E-state index >= 15 is 0 Å². The van der Waals surface area contributed by atoms with Crippen LogP contribution in [0.5, 0.6) is 0 Å². The van der Waals surface area contributed by atoms with E-state index in [1.54, 1.807) is 17.8 Å². The van der Waals surface area contributed by atoms with Crippen LogP contribution >= 0.6 is 0 Å². The van der Waals surface area contributed by atoms with E-state index in [0.717, 1.165) is 5.69 Å². The van der Waals surface area contributed by atoms with Crippen LogP contribution in [-0.4, -0.2) is 20.6 Å². The highest BCUT2D eigenvalue weighted by molar-refractivity contribution is 5.83. The van der Waals surface area contributed by atoms with Crippen LogP contribution in [0.25, 0.3) is 0 Å². The Morgan fingerprint density at radius 1 is 1.69 bits per heavy atom. The van der Waals surface area contributed by atoms with E-state index in [0.29, 0.717) is 5.92 Å². The van der Waals surface area contributed by atoms with Gasteiger partial charge in [-0.05, 0) is 12.8 Å². The first kappa shape index (κ1) is 8.29. The van der Waals surface area contributed by atoms with Crippen molar-refractivity contribution in [2.45, 2.75) is 25.2 Å². The molecule has 2 rings (SSSR count). The summed E-state index contributed by atoms with van der Waals surface area (Å²) in [5, 5.41) is 8.77. The van der Waals surface area contributed by atoms with E-state index in [9.17, 15) is 4.79 Å². The third-order valence-electron chi connectivity index (χ3n) is 2.74.